The van der Waals surface area contributed by atoms with Crippen LogP contribution in [-0.2, 0) is 0 Å². The summed E-state index contributed by atoms with van der Waals surface area (Å²) in [5.74, 6) is 1.70. The fraction of sp³-hybridized carbons (Fsp3) is 0.636. The Bertz CT molecular complexity index is 354. The average molecular weight is 226 g/mol. The van der Waals surface area contributed by atoms with Crippen molar-refractivity contribution in [2.45, 2.75) is 39.2 Å². The lowest BCUT2D eigenvalue weighted by atomic mass is 10.1. The molecule has 4 heteroatoms. The SMILES string of the molecule is Cc1cnc(Cl)nc1NC1CCC(C)C1. The fourth-order valence-electron chi connectivity index (χ4n) is 2.10. The van der Waals surface area contributed by atoms with Gasteiger partial charge in [0.25, 0.3) is 0 Å². The molecule has 15 heavy (non-hydrogen) atoms. The third-order valence-corrected chi connectivity index (χ3v) is 3.16. The molecule has 82 valence electrons. The van der Waals surface area contributed by atoms with Gasteiger partial charge in [0, 0.05) is 17.8 Å². The number of nitrogens with zero attached hydrogens (tertiary/aromatic N) is 2. The van der Waals surface area contributed by atoms with Crippen LogP contribution in [0, 0.1) is 12.8 Å². The van der Waals surface area contributed by atoms with Crippen molar-refractivity contribution in [3.63, 3.8) is 0 Å². The number of halogens is 1. The Hall–Kier alpha value is -0.830. The minimum Gasteiger partial charge on any atom is -0.367 e. The van der Waals surface area contributed by atoms with E-state index in [1.165, 1.54) is 19.3 Å². The van der Waals surface area contributed by atoms with E-state index in [0.29, 0.717) is 11.3 Å². The van der Waals surface area contributed by atoms with Crippen molar-refractivity contribution in [2.24, 2.45) is 5.92 Å². The van der Waals surface area contributed by atoms with Crippen LogP contribution in [-0.4, -0.2) is 16.0 Å². The summed E-state index contributed by atoms with van der Waals surface area (Å²) in [5.41, 5.74) is 1.05. The van der Waals surface area contributed by atoms with Gasteiger partial charge in [-0.25, -0.2) is 9.97 Å². The van der Waals surface area contributed by atoms with Gasteiger partial charge < -0.3 is 5.32 Å². The standard InChI is InChI=1S/C11H16ClN3/c1-7-3-4-9(5-7)14-10-8(2)6-13-11(12)15-10/h6-7,9H,3-5H2,1-2H3,(H,13,14,15). The topological polar surface area (TPSA) is 37.8 Å². The van der Waals surface area contributed by atoms with Crippen LogP contribution >= 0.6 is 11.6 Å². The summed E-state index contributed by atoms with van der Waals surface area (Å²) in [6.45, 7) is 4.29. The maximum atomic E-state index is 5.77. The van der Waals surface area contributed by atoms with E-state index in [1.54, 1.807) is 6.20 Å². The number of aryl methyl sites for hydroxylation is 1. The van der Waals surface area contributed by atoms with Gasteiger partial charge in [-0.05, 0) is 43.7 Å². The van der Waals surface area contributed by atoms with Crippen molar-refractivity contribution in [1.82, 2.24) is 9.97 Å². The van der Waals surface area contributed by atoms with E-state index < -0.39 is 0 Å². The summed E-state index contributed by atoms with van der Waals surface area (Å²) >= 11 is 5.77. The normalized spacial score (nSPS) is 25.5. The van der Waals surface area contributed by atoms with Gasteiger partial charge in [0.1, 0.15) is 5.82 Å². The Morgan fingerprint density at radius 2 is 2.27 bits per heavy atom. The quantitative estimate of drug-likeness (QED) is 0.787. The lowest BCUT2D eigenvalue weighted by Gasteiger charge is -2.14. The molecule has 2 rings (SSSR count). The number of rotatable bonds is 2. The number of hydrogen-bond acceptors (Lipinski definition) is 3. The molecule has 1 fully saturated rings. The second-order valence-electron chi connectivity index (χ2n) is 4.43. The summed E-state index contributed by atoms with van der Waals surface area (Å²) < 4.78 is 0. The first-order valence-electron chi connectivity index (χ1n) is 5.41. The van der Waals surface area contributed by atoms with Crippen molar-refractivity contribution in [3.8, 4) is 0 Å². The average Bonchev–Trinajstić information content (AvgIpc) is 2.58. The van der Waals surface area contributed by atoms with Crippen molar-refractivity contribution in [1.29, 1.82) is 0 Å². The molecule has 1 N–H and O–H groups in total. The van der Waals surface area contributed by atoms with Crippen molar-refractivity contribution in [3.05, 3.63) is 17.0 Å². The second-order valence-corrected chi connectivity index (χ2v) is 4.77. The molecule has 0 saturated heterocycles. The van der Waals surface area contributed by atoms with Crippen LogP contribution in [0.3, 0.4) is 0 Å². The minimum atomic E-state index is 0.314. The summed E-state index contributed by atoms with van der Waals surface area (Å²) in [4.78, 5) is 8.15. The molecule has 0 aliphatic heterocycles. The smallest absolute Gasteiger partial charge is 0.224 e. The highest BCUT2D eigenvalue weighted by Gasteiger charge is 2.21. The molecule has 0 aromatic carbocycles. The molecule has 0 spiro atoms. The molecule has 2 atom stereocenters. The molecule has 0 radical (unpaired) electrons. The Labute approximate surface area is 95.3 Å². The van der Waals surface area contributed by atoms with E-state index in [-0.39, 0.29) is 0 Å². The van der Waals surface area contributed by atoms with Crippen molar-refractivity contribution >= 4 is 17.4 Å². The van der Waals surface area contributed by atoms with Crippen LogP contribution in [0.15, 0.2) is 6.20 Å². The Balaban J connectivity index is 2.07. The summed E-state index contributed by atoms with van der Waals surface area (Å²) in [6.07, 6.45) is 5.51. The highest BCUT2D eigenvalue weighted by Crippen LogP contribution is 2.27. The van der Waals surface area contributed by atoms with Gasteiger partial charge in [0.05, 0.1) is 0 Å². The van der Waals surface area contributed by atoms with Crippen molar-refractivity contribution < 1.29 is 0 Å². The lowest BCUT2D eigenvalue weighted by Crippen LogP contribution is -2.17. The number of nitrogens with one attached hydrogen (secondary N) is 1. The zero-order chi connectivity index (χ0) is 10.8. The van der Waals surface area contributed by atoms with Crippen LogP contribution in [0.5, 0.6) is 0 Å². The van der Waals surface area contributed by atoms with Crippen molar-refractivity contribution in [2.75, 3.05) is 5.32 Å². The molecule has 1 aromatic rings. The predicted octanol–water partition coefficient (Wildman–Crippen LogP) is 3.04. The highest BCUT2D eigenvalue weighted by atomic mass is 35.5. The monoisotopic (exact) mass is 225 g/mol. The van der Waals surface area contributed by atoms with E-state index in [9.17, 15) is 0 Å². The van der Waals surface area contributed by atoms with Crippen LogP contribution < -0.4 is 5.32 Å². The summed E-state index contributed by atoms with van der Waals surface area (Å²) in [6, 6.07) is 0.546. The van der Waals surface area contributed by atoms with E-state index >= 15 is 0 Å². The van der Waals surface area contributed by atoms with Crippen LogP contribution in [0.4, 0.5) is 5.82 Å². The Morgan fingerprint density at radius 1 is 1.47 bits per heavy atom. The minimum absolute atomic E-state index is 0.314. The largest absolute Gasteiger partial charge is 0.367 e. The number of anilines is 1. The first kappa shape index (κ1) is 10.7. The van der Waals surface area contributed by atoms with Gasteiger partial charge in [0.15, 0.2) is 0 Å². The van der Waals surface area contributed by atoms with Crippen LogP contribution in [0.1, 0.15) is 31.7 Å². The highest BCUT2D eigenvalue weighted by molar-refractivity contribution is 6.28. The molecule has 1 saturated carbocycles. The van der Waals surface area contributed by atoms with Gasteiger partial charge in [-0.15, -0.1) is 0 Å². The molecule has 2 unspecified atom stereocenters. The predicted molar refractivity (Wildman–Crippen MR) is 62.2 cm³/mol. The molecular weight excluding hydrogens is 210 g/mol. The van der Waals surface area contributed by atoms with Crippen LogP contribution in [0.25, 0.3) is 0 Å². The molecule has 3 nitrogen and oxygen atoms in total. The molecular formula is C11H16ClN3. The van der Waals surface area contributed by atoms with E-state index in [1.807, 2.05) is 6.92 Å². The third kappa shape index (κ3) is 2.59. The first-order valence-corrected chi connectivity index (χ1v) is 5.78. The first-order chi connectivity index (χ1) is 7.15. The van der Waals surface area contributed by atoms with Gasteiger partial charge in [0.2, 0.25) is 5.28 Å². The van der Waals surface area contributed by atoms with Gasteiger partial charge in [-0.3, -0.25) is 0 Å². The number of hydrogen-bond donors (Lipinski definition) is 1. The molecule has 1 aromatic heterocycles. The Morgan fingerprint density at radius 3 is 2.93 bits per heavy atom. The molecule has 1 heterocycles. The van der Waals surface area contributed by atoms with Gasteiger partial charge in [-0.2, -0.15) is 0 Å². The maximum absolute atomic E-state index is 5.77. The maximum Gasteiger partial charge on any atom is 0.224 e. The van der Waals surface area contributed by atoms with E-state index in [2.05, 4.69) is 22.2 Å². The molecule has 1 aliphatic carbocycles. The molecule has 1 aliphatic rings. The Kier molecular flexibility index (Phi) is 3.10. The van der Waals surface area contributed by atoms with Gasteiger partial charge in [-0.1, -0.05) is 6.92 Å². The van der Waals surface area contributed by atoms with E-state index in [0.717, 1.165) is 17.3 Å². The van der Waals surface area contributed by atoms with Crippen LogP contribution in [0.2, 0.25) is 5.28 Å². The van der Waals surface area contributed by atoms with E-state index in [4.69, 9.17) is 11.6 Å². The number of aromatic nitrogens is 2. The lowest BCUT2D eigenvalue weighted by molar-refractivity contribution is 0.602. The summed E-state index contributed by atoms with van der Waals surface area (Å²) in [5, 5.41) is 3.76. The zero-order valence-corrected chi connectivity index (χ0v) is 9.88. The third-order valence-electron chi connectivity index (χ3n) is 2.98. The second kappa shape index (κ2) is 4.35. The molecule has 0 amide bonds. The zero-order valence-electron chi connectivity index (χ0n) is 9.13. The fourth-order valence-corrected chi connectivity index (χ4v) is 2.23. The molecule has 0 bridgehead atoms. The summed E-state index contributed by atoms with van der Waals surface area (Å²) in [7, 11) is 0. The van der Waals surface area contributed by atoms with Gasteiger partial charge >= 0.3 is 0 Å².